The molecule has 140 valence electrons. The third kappa shape index (κ3) is 5.30. The summed E-state index contributed by atoms with van der Waals surface area (Å²) < 4.78 is 6.84. The van der Waals surface area contributed by atoms with Gasteiger partial charge in [0.2, 0.25) is 11.1 Å². The van der Waals surface area contributed by atoms with Crippen molar-refractivity contribution in [3.63, 3.8) is 0 Å². The first-order chi connectivity index (χ1) is 13.0. The minimum Gasteiger partial charge on any atom is -0.497 e. The first kappa shape index (κ1) is 18.9. The molecule has 27 heavy (non-hydrogen) atoms. The molecule has 0 aliphatic carbocycles. The fraction of sp³-hybridized carbons (Fsp3) is 0.263. The van der Waals surface area contributed by atoms with Gasteiger partial charge in [-0.05, 0) is 65.2 Å². The molecule has 1 heterocycles. The number of benzene rings is 2. The van der Waals surface area contributed by atoms with E-state index in [1.54, 1.807) is 11.8 Å². The third-order valence-corrected chi connectivity index (χ3v) is 4.79. The van der Waals surface area contributed by atoms with Crippen molar-refractivity contribution in [3.8, 4) is 5.75 Å². The molecule has 1 N–H and O–H groups in total. The van der Waals surface area contributed by atoms with Crippen LogP contribution >= 0.6 is 11.8 Å². The molecule has 1 aromatic heterocycles. The zero-order chi connectivity index (χ0) is 19.2. The Balaban J connectivity index is 1.58. The number of amides is 1. The maximum atomic E-state index is 12.2. The van der Waals surface area contributed by atoms with Crippen LogP contribution in [0.3, 0.4) is 0 Å². The Kier molecular flexibility index (Phi) is 6.08. The van der Waals surface area contributed by atoms with Crippen molar-refractivity contribution in [3.05, 3.63) is 59.2 Å². The van der Waals surface area contributed by atoms with Crippen LogP contribution in [0, 0.1) is 13.8 Å². The van der Waals surface area contributed by atoms with Crippen LogP contribution in [0.25, 0.3) is 0 Å². The monoisotopic (exact) mass is 383 g/mol. The third-order valence-electron chi connectivity index (χ3n) is 3.83. The number of nitrogens with one attached hydrogen (secondary N) is 1. The number of rotatable bonds is 7. The molecule has 1 amide bonds. The largest absolute Gasteiger partial charge is 0.497 e. The van der Waals surface area contributed by atoms with Crippen molar-refractivity contribution in [2.24, 2.45) is 0 Å². The molecule has 0 radical (unpaired) electrons. The Morgan fingerprint density at radius 2 is 1.85 bits per heavy atom. The van der Waals surface area contributed by atoms with Crippen molar-refractivity contribution in [2.75, 3.05) is 18.2 Å². The highest BCUT2D eigenvalue weighted by Crippen LogP contribution is 2.18. The van der Waals surface area contributed by atoms with Crippen LogP contribution in [0.2, 0.25) is 0 Å². The summed E-state index contributed by atoms with van der Waals surface area (Å²) in [4.78, 5) is 12.2. The summed E-state index contributed by atoms with van der Waals surface area (Å²) in [5.41, 5.74) is 4.07. The van der Waals surface area contributed by atoms with Crippen molar-refractivity contribution in [2.45, 2.75) is 25.5 Å². The molecule has 0 spiro atoms. The van der Waals surface area contributed by atoms with Crippen LogP contribution in [0.5, 0.6) is 5.75 Å². The SMILES string of the molecule is COc1ccc(Cn2nnnc2SCC(=O)Nc2cc(C)cc(C)c2)cc1. The van der Waals surface area contributed by atoms with Gasteiger partial charge in [-0.3, -0.25) is 4.79 Å². The second kappa shape index (κ2) is 8.68. The number of ether oxygens (including phenoxy) is 1. The predicted octanol–water partition coefficient (Wildman–Crippen LogP) is 3.08. The number of tetrazole rings is 1. The number of methoxy groups -OCH3 is 1. The number of carbonyl (C=O) groups is 1. The van der Waals surface area contributed by atoms with Crippen molar-refractivity contribution in [1.29, 1.82) is 0 Å². The van der Waals surface area contributed by atoms with Gasteiger partial charge in [0, 0.05) is 5.69 Å². The van der Waals surface area contributed by atoms with Crippen molar-refractivity contribution in [1.82, 2.24) is 20.2 Å². The molecule has 7 nitrogen and oxygen atoms in total. The van der Waals surface area contributed by atoms with Gasteiger partial charge in [-0.1, -0.05) is 30.0 Å². The van der Waals surface area contributed by atoms with E-state index in [0.29, 0.717) is 11.7 Å². The highest BCUT2D eigenvalue weighted by Gasteiger charge is 2.11. The van der Waals surface area contributed by atoms with Crippen molar-refractivity contribution < 1.29 is 9.53 Å². The minimum atomic E-state index is -0.0935. The molecule has 2 aromatic carbocycles. The van der Waals surface area contributed by atoms with Crippen LogP contribution in [-0.2, 0) is 11.3 Å². The van der Waals surface area contributed by atoms with Crippen LogP contribution in [0.1, 0.15) is 16.7 Å². The number of aromatic nitrogens is 4. The van der Waals surface area contributed by atoms with Crippen LogP contribution < -0.4 is 10.1 Å². The topological polar surface area (TPSA) is 81.9 Å². The Morgan fingerprint density at radius 3 is 2.52 bits per heavy atom. The summed E-state index contributed by atoms with van der Waals surface area (Å²) in [6.45, 7) is 4.54. The van der Waals surface area contributed by atoms with Crippen molar-refractivity contribution >= 4 is 23.4 Å². The van der Waals surface area contributed by atoms with Gasteiger partial charge in [-0.2, -0.15) is 0 Å². The number of carbonyl (C=O) groups excluding carboxylic acids is 1. The van der Waals surface area contributed by atoms with E-state index in [2.05, 4.69) is 26.9 Å². The highest BCUT2D eigenvalue weighted by molar-refractivity contribution is 7.99. The van der Waals surface area contributed by atoms with Crippen LogP contribution in [0.4, 0.5) is 5.69 Å². The molecule has 0 aliphatic heterocycles. The van der Waals surface area contributed by atoms with Gasteiger partial charge in [0.05, 0.1) is 19.4 Å². The fourth-order valence-corrected chi connectivity index (χ4v) is 3.35. The molecule has 3 rings (SSSR count). The minimum absolute atomic E-state index is 0.0935. The van der Waals surface area contributed by atoms with E-state index in [1.165, 1.54) is 11.8 Å². The number of hydrogen-bond donors (Lipinski definition) is 1. The van der Waals surface area contributed by atoms with E-state index < -0.39 is 0 Å². The smallest absolute Gasteiger partial charge is 0.234 e. The van der Waals surface area contributed by atoms with Gasteiger partial charge < -0.3 is 10.1 Å². The van der Waals surface area contributed by atoms with Gasteiger partial charge >= 0.3 is 0 Å². The first-order valence-corrected chi connectivity index (χ1v) is 9.42. The van der Waals surface area contributed by atoms with Crippen LogP contribution in [0.15, 0.2) is 47.6 Å². The molecule has 3 aromatic rings. The maximum Gasteiger partial charge on any atom is 0.234 e. The van der Waals surface area contributed by atoms with E-state index >= 15 is 0 Å². The molecule has 8 heteroatoms. The first-order valence-electron chi connectivity index (χ1n) is 8.43. The average Bonchev–Trinajstić information content (AvgIpc) is 3.07. The average molecular weight is 383 g/mol. The van der Waals surface area contributed by atoms with E-state index in [9.17, 15) is 4.79 Å². The highest BCUT2D eigenvalue weighted by atomic mass is 32.2. The van der Waals surface area contributed by atoms with Crippen LogP contribution in [-0.4, -0.2) is 39.0 Å². The van der Waals surface area contributed by atoms with Gasteiger partial charge in [0.25, 0.3) is 0 Å². The van der Waals surface area contributed by atoms with E-state index in [1.807, 2.05) is 50.2 Å². The number of anilines is 1. The lowest BCUT2D eigenvalue weighted by Gasteiger charge is -2.08. The molecule has 0 aliphatic rings. The second-order valence-corrected chi connectivity index (χ2v) is 7.12. The zero-order valence-electron chi connectivity index (χ0n) is 15.5. The quantitative estimate of drug-likeness (QED) is 0.632. The summed E-state index contributed by atoms with van der Waals surface area (Å²) in [6.07, 6.45) is 0. The normalized spacial score (nSPS) is 10.6. The Morgan fingerprint density at radius 1 is 1.15 bits per heavy atom. The van der Waals surface area contributed by atoms with E-state index in [-0.39, 0.29) is 11.7 Å². The predicted molar refractivity (Wildman–Crippen MR) is 105 cm³/mol. The summed E-state index contributed by atoms with van der Waals surface area (Å²) >= 11 is 1.31. The van der Waals surface area contributed by atoms with Gasteiger partial charge in [0.1, 0.15) is 5.75 Å². The molecule has 0 unspecified atom stereocenters. The molecule has 0 atom stereocenters. The van der Waals surface area contributed by atoms with E-state index in [0.717, 1.165) is 28.1 Å². The zero-order valence-corrected chi connectivity index (χ0v) is 16.3. The standard InChI is InChI=1S/C19H21N5O2S/c1-13-8-14(2)10-16(9-13)20-18(25)12-27-19-21-22-23-24(19)11-15-4-6-17(26-3)7-5-15/h4-10H,11-12H2,1-3H3,(H,20,25). The Labute approximate surface area is 162 Å². The number of aryl methyl sites for hydroxylation is 2. The Hall–Kier alpha value is -2.87. The second-order valence-electron chi connectivity index (χ2n) is 6.18. The van der Waals surface area contributed by atoms with Gasteiger partial charge in [-0.15, -0.1) is 5.10 Å². The number of hydrogen-bond acceptors (Lipinski definition) is 6. The van der Waals surface area contributed by atoms with Gasteiger partial charge in [0.15, 0.2) is 0 Å². The summed E-state index contributed by atoms with van der Waals surface area (Å²) in [5.74, 6) is 0.938. The van der Waals surface area contributed by atoms with E-state index in [4.69, 9.17) is 4.74 Å². The molecular formula is C19H21N5O2S. The molecule has 0 saturated heterocycles. The summed E-state index contributed by atoms with van der Waals surface area (Å²) in [7, 11) is 1.63. The summed E-state index contributed by atoms with van der Waals surface area (Å²) in [5, 5.41) is 15.3. The molecule has 0 bridgehead atoms. The number of thioether (sulfide) groups is 1. The van der Waals surface area contributed by atoms with Gasteiger partial charge in [-0.25, -0.2) is 4.68 Å². The summed E-state index contributed by atoms with van der Waals surface area (Å²) in [6, 6.07) is 13.7. The molecular weight excluding hydrogens is 362 g/mol. The molecule has 0 saturated carbocycles. The lowest BCUT2D eigenvalue weighted by molar-refractivity contribution is -0.113. The lowest BCUT2D eigenvalue weighted by Crippen LogP contribution is -2.15. The Bertz CT molecular complexity index is 904. The fourth-order valence-electron chi connectivity index (χ4n) is 2.68. The molecule has 0 fully saturated rings. The lowest BCUT2D eigenvalue weighted by atomic mass is 10.1. The maximum absolute atomic E-state index is 12.2. The number of nitrogens with zero attached hydrogens (tertiary/aromatic N) is 4.